The number of aliphatic carboxylic acids is 1. The van der Waals surface area contributed by atoms with Gasteiger partial charge in [0.1, 0.15) is 5.82 Å². The molecule has 100 valence electrons. The predicted molar refractivity (Wildman–Crippen MR) is 72.2 cm³/mol. The molecule has 0 heterocycles. The molecule has 2 N–H and O–H groups in total. The van der Waals surface area contributed by atoms with Crippen molar-refractivity contribution in [2.75, 3.05) is 5.32 Å². The molecule has 2 rings (SSSR count). The summed E-state index contributed by atoms with van der Waals surface area (Å²) in [5.74, 6) is -1.41. The summed E-state index contributed by atoms with van der Waals surface area (Å²) in [5, 5.41) is 20.2. The van der Waals surface area contributed by atoms with Gasteiger partial charge in [-0.05, 0) is 35.9 Å². The molecule has 2 aromatic rings. The SMILES string of the molecule is N#Cc1ccc(Nc2ccc(CC(=O)O)cc2)c(F)c1. The van der Waals surface area contributed by atoms with E-state index in [1.165, 1.54) is 12.1 Å². The number of carbonyl (C=O) groups is 1. The summed E-state index contributed by atoms with van der Waals surface area (Å²) in [5.41, 5.74) is 1.82. The lowest BCUT2D eigenvalue weighted by Gasteiger charge is -2.08. The maximum absolute atomic E-state index is 13.7. The highest BCUT2D eigenvalue weighted by Gasteiger charge is 2.05. The number of benzene rings is 2. The Balaban J connectivity index is 2.14. The highest BCUT2D eigenvalue weighted by Crippen LogP contribution is 2.21. The average Bonchev–Trinajstić information content (AvgIpc) is 2.42. The van der Waals surface area contributed by atoms with Crippen LogP contribution in [0.4, 0.5) is 15.8 Å². The first-order chi connectivity index (χ1) is 9.58. The third-order valence-corrected chi connectivity index (χ3v) is 2.69. The zero-order valence-corrected chi connectivity index (χ0v) is 10.4. The Labute approximate surface area is 115 Å². The number of anilines is 2. The van der Waals surface area contributed by atoms with Crippen molar-refractivity contribution < 1.29 is 14.3 Å². The Morgan fingerprint density at radius 1 is 1.25 bits per heavy atom. The molecule has 0 atom stereocenters. The first-order valence-corrected chi connectivity index (χ1v) is 5.86. The molecule has 0 unspecified atom stereocenters. The van der Waals surface area contributed by atoms with Crippen molar-refractivity contribution in [2.45, 2.75) is 6.42 Å². The third kappa shape index (κ3) is 3.33. The molecule has 0 amide bonds. The van der Waals surface area contributed by atoms with E-state index in [1.54, 1.807) is 24.3 Å². The van der Waals surface area contributed by atoms with Gasteiger partial charge in [-0.2, -0.15) is 5.26 Å². The highest BCUT2D eigenvalue weighted by atomic mass is 19.1. The number of carboxylic acids is 1. The van der Waals surface area contributed by atoms with E-state index in [1.807, 2.05) is 6.07 Å². The van der Waals surface area contributed by atoms with Crippen molar-refractivity contribution in [1.29, 1.82) is 5.26 Å². The number of hydrogen-bond acceptors (Lipinski definition) is 3. The number of rotatable bonds is 4. The van der Waals surface area contributed by atoms with Crippen molar-refractivity contribution in [2.24, 2.45) is 0 Å². The van der Waals surface area contributed by atoms with Crippen LogP contribution in [-0.2, 0) is 11.2 Å². The zero-order valence-electron chi connectivity index (χ0n) is 10.4. The van der Waals surface area contributed by atoms with Gasteiger partial charge < -0.3 is 10.4 Å². The molecule has 0 aliphatic rings. The van der Waals surface area contributed by atoms with E-state index in [0.717, 1.165) is 6.07 Å². The molecule has 0 fully saturated rings. The van der Waals surface area contributed by atoms with E-state index in [0.29, 0.717) is 11.3 Å². The van der Waals surface area contributed by atoms with Crippen molar-refractivity contribution in [3.05, 3.63) is 59.4 Å². The minimum Gasteiger partial charge on any atom is -0.481 e. The number of halogens is 1. The van der Waals surface area contributed by atoms with Gasteiger partial charge in [-0.1, -0.05) is 12.1 Å². The van der Waals surface area contributed by atoms with Crippen LogP contribution >= 0.6 is 0 Å². The molecule has 0 saturated carbocycles. The van der Waals surface area contributed by atoms with Crippen LogP contribution in [-0.4, -0.2) is 11.1 Å². The Hall–Kier alpha value is -2.87. The number of nitrogens with zero attached hydrogens (tertiary/aromatic N) is 1. The Kier molecular flexibility index (Phi) is 3.96. The normalized spacial score (nSPS) is 9.80. The lowest BCUT2D eigenvalue weighted by molar-refractivity contribution is -0.136. The molecule has 0 radical (unpaired) electrons. The maximum Gasteiger partial charge on any atom is 0.307 e. The summed E-state index contributed by atoms with van der Waals surface area (Å²) in [4.78, 5) is 10.6. The van der Waals surface area contributed by atoms with Crippen LogP contribution in [0.3, 0.4) is 0 Å². The topological polar surface area (TPSA) is 73.1 Å². The number of nitrogens with one attached hydrogen (secondary N) is 1. The number of carboxylic acid groups (broad SMARTS) is 1. The van der Waals surface area contributed by atoms with E-state index in [4.69, 9.17) is 10.4 Å². The summed E-state index contributed by atoms with van der Waals surface area (Å²) in [6.07, 6.45) is -0.0501. The lowest BCUT2D eigenvalue weighted by Crippen LogP contribution is -2.00. The molecule has 0 aliphatic carbocycles. The summed E-state index contributed by atoms with van der Waals surface area (Å²) in [7, 11) is 0. The van der Waals surface area contributed by atoms with Crippen LogP contribution in [0, 0.1) is 17.1 Å². The van der Waals surface area contributed by atoms with E-state index >= 15 is 0 Å². The predicted octanol–water partition coefficient (Wildman–Crippen LogP) is 3.07. The van der Waals surface area contributed by atoms with Gasteiger partial charge in [-0.15, -0.1) is 0 Å². The van der Waals surface area contributed by atoms with E-state index in [2.05, 4.69) is 5.32 Å². The highest BCUT2D eigenvalue weighted by molar-refractivity contribution is 5.70. The Morgan fingerprint density at radius 3 is 2.50 bits per heavy atom. The van der Waals surface area contributed by atoms with Crippen molar-refractivity contribution in [3.63, 3.8) is 0 Å². The smallest absolute Gasteiger partial charge is 0.307 e. The van der Waals surface area contributed by atoms with Gasteiger partial charge in [0.05, 0.1) is 23.7 Å². The first kappa shape index (κ1) is 13.6. The number of hydrogen-bond donors (Lipinski definition) is 2. The number of nitriles is 1. The molecule has 0 bridgehead atoms. The second-order valence-electron chi connectivity index (χ2n) is 4.20. The zero-order chi connectivity index (χ0) is 14.5. The molecule has 4 nitrogen and oxygen atoms in total. The van der Waals surface area contributed by atoms with Gasteiger partial charge in [0, 0.05) is 5.69 Å². The molecular weight excluding hydrogens is 259 g/mol. The molecule has 0 saturated heterocycles. The van der Waals surface area contributed by atoms with Crippen LogP contribution in [0.2, 0.25) is 0 Å². The van der Waals surface area contributed by atoms with Crippen molar-refractivity contribution >= 4 is 17.3 Å². The monoisotopic (exact) mass is 270 g/mol. The largest absolute Gasteiger partial charge is 0.481 e. The summed E-state index contributed by atoms with van der Waals surface area (Å²) in [6.45, 7) is 0. The molecule has 0 spiro atoms. The first-order valence-electron chi connectivity index (χ1n) is 5.86. The third-order valence-electron chi connectivity index (χ3n) is 2.69. The fourth-order valence-electron chi connectivity index (χ4n) is 1.72. The molecule has 0 aliphatic heterocycles. The fraction of sp³-hybridized carbons (Fsp3) is 0.0667. The van der Waals surface area contributed by atoms with Crippen molar-refractivity contribution in [1.82, 2.24) is 0 Å². The summed E-state index contributed by atoms with van der Waals surface area (Å²) in [6, 6.07) is 12.7. The van der Waals surface area contributed by atoms with Crippen LogP contribution in [0.25, 0.3) is 0 Å². The Bertz CT molecular complexity index is 675. The summed E-state index contributed by atoms with van der Waals surface area (Å²) < 4.78 is 13.7. The molecular formula is C15H11FN2O2. The quantitative estimate of drug-likeness (QED) is 0.895. The van der Waals surface area contributed by atoms with Gasteiger partial charge in [-0.25, -0.2) is 4.39 Å². The second-order valence-corrected chi connectivity index (χ2v) is 4.20. The van der Waals surface area contributed by atoms with Crippen molar-refractivity contribution in [3.8, 4) is 6.07 Å². The maximum atomic E-state index is 13.7. The second kappa shape index (κ2) is 5.85. The van der Waals surface area contributed by atoms with Gasteiger partial charge in [0.15, 0.2) is 0 Å². The van der Waals surface area contributed by atoms with Gasteiger partial charge >= 0.3 is 5.97 Å². The van der Waals surface area contributed by atoms with Gasteiger partial charge in [-0.3, -0.25) is 4.79 Å². The molecule has 2 aromatic carbocycles. The average molecular weight is 270 g/mol. The van der Waals surface area contributed by atoms with Crippen LogP contribution < -0.4 is 5.32 Å². The van der Waals surface area contributed by atoms with Gasteiger partial charge in [0.25, 0.3) is 0 Å². The van der Waals surface area contributed by atoms with E-state index in [9.17, 15) is 9.18 Å². The minimum absolute atomic E-state index is 0.0501. The van der Waals surface area contributed by atoms with E-state index in [-0.39, 0.29) is 17.7 Å². The molecule has 5 heteroatoms. The standard InChI is InChI=1S/C15H11FN2O2/c16-13-7-11(9-17)3-6-14(13)18-12-4-1-10(2-5-12)8-15(19)20/h1-7,18H,8H2,(H,19,20). The molecule has 20 heavy (non-hydrogen) atoms. The fourth-order valence-corrected chi connectivity index (χ4v) is 1.72. The molecule has 0 aromatic heterocycles. The summed E-state index contributed by atoms with van der Waals surface area (Å²) >= 11 is 0. The van der Waals surface area contributed by atoms with Crippen LogP contribution in [0.1, 0.15) is 11.1 Å². The van der Waals surface area contributed by atoms with E-state index < -0.39 is 11.8 Å². The van der Waals surface area contributed by atoms with Crippen LogP contribution in [0.5, 0.6) is 0 Å². The van der Waals surface area contributed by atoms with Gasteiger partial charge in [0.2, 0.25) is 0 Å². The lowest BCUT2D eigenvalue weighted by atomic mass is 10.1. The Morgan fingerprint density at radius 2 is 1.95 bits per heavy atom. The van der Waals surface area contributed by atoms with Crippen LogP contribution in [0.15, 0.2) is 42.5 Å². The minimum atomic E-state index is -0.899.